The van der Waals surface area contributed by atoms with Crippen LogP contribution in [0.3, 0.4) is 0 Å². The molecule has 1 aliphatic rings. The fourth-order valence-corrected chi connectivity index (χ4v) is 4.02. The van der Waals surface area contributed by atoms with Crippen LogP contribution in [0, 0.1) is 0 Å². The Kier molecular flexibility index (Phi) is 6.18. The fourth-order valence-electron chi connectivity index (χ4n) is 4.02. The maximum atomic E-state index is 13.2. The van der Waals surface area contributed by atoms with Crippen molar-refractivity contribution >= 4 is 11.8 Å². The quantitative estimate of drug-likeness (QED) is 0.648. The number of amides is 2. The molecule has 0 saturated carbocycles. The number of nitrogens with zero attached hydrogens (tertiary/aromatic N) is 2. The molecule has 0 bridgehead atoms. The van der Waals surface area contributed by atoms with E-state index in [9.17, 15) is 9.59 Å². The van der Waals surface area contributed by atoms with Crippen molar-refractivity contribution in [3.8, 4) is 16.9 Å². The lowest BCUT2D eigenvalue weighted by molar-refractivity contribution is -0.153. The first-order chi connectivity index (χ1) is 15.5. The lowest BCUT2D eigenvalue weighted by Crippen LogP contribution is -2.61. The van der Waals surface area contributed by atoms with Crippen molar-refractivity contribution in [3.05, 3.63) is 84.2 Å². The van der Waals surface area contributed by atoms with E-state index in [-0.39, 0.29) is 25.5 Å². The third-order valence-corrected chi connectivity index (χ3v) is 5.67. The summed E-state index contributed by atoms with van der Waals surface area (Å²) in [6, 6.07) is 18.7. The largest absolute Gasteiger partial charge is 0.496 e. The molecule has 7 nitrogen and oxygen atoms in total. The number of benzene rings is 2. The number of carbonyl (C=O) groups is 2. The highest BCUT2D eigenvalue weighted by Crippen LogP contribution is 2.28. The van der Waals surface area contributed by atoms with Crippen molar-refractivity contribution in [2.24, 2.45) is 5.73 Å². The minimum atomic E-state index is -1.32. The molecule has 32 heavy (non-hydrogen) atoms. The lowest BCUT2D eigenvalue weighted by Gasteiger charge is -2.41. The molecule has 1 atom stereocenters. The summed E-state index contributed by atoms with van der Waals surface area (Å²) in [5.74, 6) is -0.333. The van der Waals surface area contributed by atoms with Gasteiger partial charge in [0.25, 0.3) is 11.8 Å². The zero-order chi connectivity index (χ0) is 22.6. The van der Waals surface area contributed by atoms with Crippen LogP contribution in [0.25, 0.3) is 11.1 Å². The molecule has 1 fully saturated rings. The zero-order valence-corrected chi connectivity index (χ0v) is 17.9. The van der Waals surface area contributed by atoms with Crippen molar-refractivity contribution < 1.29 is 19.1 Å². The van der Waals surface area contributed by atoms with Crippen molar-refractivity contribution in [1.29, 1.82) is 0 Å². The van der Waals surface area contributed by atoms with Gasteiger partial charge in [-0.25, -0.2) is 0 Å². The second-order valence-corrected chi connectivity index (χ2v) is 7.75. The first-order valence-electron chi connectivity index (χ1n) is 10.4. The third kappa shape index (κ3) is 4.33. The Bertz CT molecular complexity index is 1120. The molecule has 2 amide bonds. The maximum absolute atomic E-state index is 13.2. The summed E-state index contributed by atoms with van der Waals surface area (Å²) in [5.41, 5.74) is 7.78. The number of hydrogen-bond donors (Lipinski definition) is 1. The van der Waals surface area contributed by atoms with Gasteiger partial charge in [0.05, 0.1) is 25.8 Å². The summed E-state index contributed by atoms with van der Waals surface area (Å²) in [5, 5.41) is 0. The van der Waals surface area contributed by atoms with E-state index >= 15 is 0 Å². The predicted molar refractivity (Wildman–Crippen MR) is 120 cm³/mol. The minimum Gasteiger partial charge on any atom is -0.496 e. The van der Waals surface area contributed by atoms with Gasteiger partial charge in [0, 0.05) is 25.4 Å². The second-order valence-electron chi connectivity index (χ2n) is 7.75. The van der Waals surface area contributed by atoms with E-state index in [1.807, 2.05) is 36.4 Å². The van der Waals surface area contributed by atoms with Gasteiger partial charge in [0.15, 0.2) is 5.60 Å². The summed E-state index contributed by atoms with van der Waals surface area (Å²) in [4.78, 5) is 31.6. The Morgan fingerprint density at radius 3 is 2.69 bits per heavy atom. The van der Waals surface area contributed by atoms with Crippen LogP contribution in [0.4, 0.5) is 0 Å². The molecular weight excluding hydrogens is 406 g/mol. The lowest BCUT2D eigenvalue weighted by atomic mass is 9.90. The Labute approximate surface area is 186 Å². The second kappa shape index (κ2) is 9.20. The molecular formula is C25H25N3O4. The molecule has 1 aromatic heterocycles. The fraction of sp³-hybridized carbons (Fsp3) is 0.240. The monoisotopic (exact) mass is 431 g/mol. The average molecular weight is 431 g/mol. The van der Waals surface area contributed by atoms with Gasteiger partial charge in [-0.1, -0.05) is 42.5 Å². The highest BCUT2D eigenvalue weighted by Gasteiger charge is 2.44. The third-order valence-electron chi connectivity index (χ3n) is 5.67. The van der Waals surface area contributed by atoms with Gasteiger partial charge in [0.2, 0.25) is 0 Å². The molecule has 7 heteroatoms. The van der Waals surface area contributed by atoms with E-state index in [1.165, 1.54) is 7.11 Å². The first-order valence-corrected chi connectivity index (χ1v) is 10.4. The van der Waals surface area contributed by atoms with E-state index in [0.717, 1.165) is 16.7 Å². The molecule has 2 N–H and O–H groups in total. The van der Waals surface area contributed by atoms with Crippen LogP contribution >= 0.6 is 0 Å². The summed E-state index contributed by atoms with van der Waals surface area (Å²) < 4.78 is 11.3. The Hall–Kier alpha value is -3.71. The van der Waals surface area contributed by atoms with E-state index in [4.69, 9.17) is 15.2 Å². The zero-order valence-electron chi connectivity index (χ0n) is 17.9. The summed E-state index contributed by atoms with van der Waals surface area (Å²) >= 11 is 0. The predicted octanol–water partition coefficient (Wildman–Crippen LogP) is 2.70. The van der Waals surface area contributed by atoms with Gasteiger partial charge in [-0.15, -0.1) is 0 Å². The van der Waals surface area contributed by atoms with Crippen molar-refractivity contribution in [3.63, 3.8) is 0 Å². The Morgan fingerprint density at radius 2 is 1.94 bits per heavy atom. The molecule has 1 aliphatic heterocycles. The molecule has 0 aliphatic carbocycles. The molecule has 0 unspecified atom stereocenters. The normalized spacial score (nSPS) is 18.2. The summed E-state index contributed by atoms with van der Waals surface area (Å²) in [6.07, 6.45) is 3.76. The van der Waals surface area contributed by atoms with E-state index in [0.29, 0.717) is 17.9 Å². The molecule has 2 heterocycles. The van der Waals surface area contributed by atoms with Crippen LogP contribution in [0.15, 0.2) is 73.1 Å². The first kappa shape index (κ1) is 21.5. The number of aromatic nitrogens is 1. The van der Waals surface area contributed by atoms with E-state index < -0.39 is 11.5 Å². The highest BCUT2D eigenvalue weighted by molar-refractivity contribution is 5.97. The molecule has 2 aromatic carbocycles. The van der Waals surface area contributed by atoms with Crippen LogP contribution in [0.2, 0.25) is 0 Å². The van der Waals surface area contributed by atoms with Gasteiger partial charge >= 0.3 is 0 Å². The van der Waals surface area contributed by atoms with Crippen LogP contribution in [0.5, 0.6) is 5.75 Å². The average Bonchev–Trinajstić information content (AvgIpc) is 2.84. The van der Waals surface area contributed by atoms with Crippen molar-refractivity contribution in [2.45, 2.75) is 12.0 Å². The van der Waals surface area contributed by atoms with Crippen molar-refractivity contribution in [2.75, 3.05) is 26.8 Å². The molecule has 0 radical (unpaired) electrons. The van der Waals surface area contributed by atoms with Gasteiger partial charge in [-0.05, 0) is 34.9 Å². The van der Waals surface area contributed by atoms with E-state index in [2.05, 4.69) is 4.98 Å². The van der Waals surface area contributed by atoms with Crippen LogP contribution in [-0.4, -0.2) is 54.1 Å². The van der Waals surface area contributed by atoms with Gasteiger partial charge < -0.3 is 20.1 Å². The number of hydrogen-bond acceptors (Lipinski definition) is 5. The number of pyridine rings is 1. The Balaban J connectivity index is 1.60. The van der Waals surface area contributed by atoms with Crippen LogP contribution in [0.1, 0.15) is 15.9 Å². The molecule has 3 aromatic rings. The number of para-hydroxylation sites is 1. The molecule has 164 valence electrons. The van der Waals surface area contributed by atoms with Crippen LogP contribution in [-0.2, 0) is 16.0 Å². The number of ether oxygens (including phenoxy) is 2. The standard InChI is InChI=1S/C25H25N3O4/c1-31-22-10-3-2-9-21(22)23(29)28-12-13-32-25(17-28,24(26)30)15-18-6-4-7-19(14-18)20-8-5-11-27-16-20/h2-11,14,16H,12-13,15,17H2,1H3,(H2,26,30)/t25-/m0/s1. The summed E-state index contributed by atoms with van der Waals surface area (Å²) in [6.45, 7) is 0.643. The number of nitrogens with two attached hydrogens (primary N) is 1. The number of methoxy groups -OCH3 is 1. The summed E-state index contributed by atoms with van der Waals surface area (Å²) in [7, 11) is 1.52. The molecule has 1 saturated heterocycles. The van der Waals surface area contributed by atoms with Gasteiger partial charge in [0.1, 0.15) is 5.75 Å². The highest BCUT2D eigenvalue weighted by atomic mass is 16.5. The minimum absolute atomic E-state index is 0.0658. The SMILES string of the molecule is COc1ccccc1C(=O)N1CCO[C@](Cc2cccc(-c3cccnc3)c2)(C(N)=O)C1. The Morgan fingerprint density at radius 1 is 1.12 bits per heavy atom. The van der Waals surface area contributed by atoms with Gasteiger partial charge in [-0.3, -0.25) is 14.6 Å². The molecule has 4 rings (SSSR count). The number of carbonyl (C=O) groups excluding carboxylic acids is 2. The number of primary amides is 1. The molecule has 0 spiro atoms. The topological polar surface area (TPSA) is 94.8 Å². The number of morpholine rings is 1. The smallest absolute Gasteiger partial charge is 0.257 e. The maximum Gasteiger partial charge on any atom is 0.257 e. The van der Waals surface area contributed by atoms with E-state index in [1.54, 1.807) is 41.6 Å². The number of rotatable bonds is 6. The van der Waals surface area contributed by atoms with Gasteiger partial charge in [-0.2, -0.15) is 0 Å². The van der Waals surface area contributed by atoms with Crippen LogP contribution < -0.4 is 10.5 Å². The van der Waals surface area contributed by atoms with Crippen molar-refractivity contribution in [1.82, 2.24) is 9.88 Å².